The molecule has 1 heterocycles. The van der Waals surface area contributed by atoms with Crippen LogP contribution in [0.5, 0.6) is 0 Å². The predicted molar refractivity (Wildman–Crippen MR) is 98.6 cm³/mol. The minimum absolute atomic E-state index is 0.107. The molecule has 1 aliphatic rings. The Balaban J connectivity index is 1.50. The van der Waals surface area contributed by atoms with Crippen LogP contribution >= 0.6 is 0 Å². The van der Waals surface area contributed by atoms with Crippen LogP contribution in [-0.4, -0.2) is 28.6 Å². The predicted octanol–water partition coefficient (Wildman–Crippen LogP) is 3.10. The van der Waals surface area contributed by atoms with E-state index < -0.39 is 10.8 Å². The van der Waals surface area contributed by atoms with E-state index in [1.165, 1.54) is 5.56 Å². The molecule has 2 amide bonds. The summed E-state index contributed by atoms with van der Waals surface area (Å²) in [6.45, 7) is 2.47. The number of nitrogens with zero attached hydrogens (tertiary/aromatic N) is 1. The fourth-order valence-electron chi connectivity index (χ4n) is 3.06. The summed E-state index contributed by atoms with van der Waals surface area (Å²) in [7, 11) is -0.976. The highest BCUT2D eigenvalue weighted by Gasteiger charge is 2.30. The van der Waals surface area contributed by atoms with Gasteiger partial charge in [0.25, 0.3) is 0 Å². The molecule has 0 saturated heterocycles. The standard InChI is InChI=1S/C19H22N2O2S/c1-15-13-17-9-5-6-10-18(17)21(15)19(22)20-11-12-24(23)14-16-7-3-2-4-8-16/h2-10,15H,11-14H2,1H3,(H,20,22)/t15-,24-/m1/s1. The zero-order chi connectivity index (χ0) is 16.9. The number of urea groups is 1. The van der Waals surface area contributed by atoms with Gasteiger partial charge in [0.2, 0.25) is 0 Å². The first-order valence-corrected chi connectivity index (χ1v) is 9.68. The summed E-state index contributed by atoms with van der Waals surface area (Å²) < 4.78 is 12.1. The fourth-order valence-corrected chi connectivity index (χ4v) is 4.10. The molecule has 0 saturated carbocycles. The quantitative estimate of drug-likeness (QED) is 0.908. The van der Waals surface area contributed by atoms with Gasteiger partial charge in [0.1, 0.15) is 0 Å². The second-order valence-electron chi connectivity index (χ2n) is 6.06. The van der Waals surface area contributed by atoms with Gasteiger partial charge in [0, 0.05) is 40.6 Å². The van der Waals surface area contributed by atoms with E-state index >= 15 is 0 Å². The summed E-state index contributed by atoms with van der Waals surface area (Å²) >= 11 is 0. The third-order valence-corrected chi connectivity index (χ3v) is 5.52. The normalized spacial score (nSPS) is 17.4. The number of amides is 2. The molecule has 0 bridgehead atoms. The maximum Gasteiger partial charge on any atom is 0.322 e. The van der Waals surface area contributed by atoms with Gasteiger partial charge in [0.15, 0.2) is 0 Å². The number of carbonyl (C=O) groups is 1. The molecule has 5 heteroatoms. The number of benzene rings is 2. The van der Waals surface area contributed by atoms with Crippen molar-refractivity contribution in [1.82, 2.24) is 5.32 Å². The average molecular weight is 342 g/mol. The van der Waals surface area contributed by atoms with Crippen molar-refractivity contribution < 1.29 is 9.00 Å². The van der Waals surface area contributed by atoms with Crippen LogP contribution in [0.2, 0.25) is 0 Å². The van der Waals surface area contributed by atoms with Gasteiger partial charge in [-0.1, -0.05) is 48.5 Å². The lowest BCUT2D eigenvalue weighted by Gasteiger charge is -2.23. The van der Waals surface area contributed by atoms with Crippen LogP contribution in [0.1, 0.15) is 18.1 Å². The second-order valence-corrected chi connectivity index (χ2v) is 7.63. The Bertz CT molecular complexity index is 733. The van der Waals surface area contributed by atoms with E-state index in [1.807, 2.05) is 55.5 Å². The molecular weight excluding hydrogens is 320 g/mol. The smallest absolute Gasteiger partial charge is 0.322 e. The molecule has 3 rings (SSSR count). The van der Waals surface area contributed by atoms with E-state index in [4.69, 9.17) is 0 Å². The zero-order valence-electron chi connectivity index (χ0n) is 13.8. The molecule has 1 aliphatic heterocycles. The van der Waals surface area contributed by atoms with E-state index in [9.17, 15) is 9.00 Å². The minimum Gasteiger partial charge on any atom is -0.337 e. The second kappa shape index (κ2) is 7.62. The number of hydrogen-bond donors (Lipinski definition) is 1. The third kappa shape index (κ3) is 3.85. The van der Waals surface area contributed by atoms with Gasteiger partial charge in [-0.25, -0.2) is 4.79 Å². The Morgan fingerprint density at radius 3 is 2.67 bits per heavy atom. The van der Waals surface area contributed by atoms with Crippen molar-refractivity contribution >= 4 is 22.5 Å². The van der Waals surface area contributed by atoms with Gasteiger partial charge in [0.05, 0.1) is 0 Å². The van der Waals surface area contributed by atoms with Gasteiger partial charge in [-0.05, 0) is 30.5 Å². The first-order chi connectivity index (χ1) is 11.6. The number of para-hydroxylation sites is 1. The Labute approximate surface area is 145 Å². The van der Waals surface area contributed by atoms with Gasteiger partial charge >= 0.3 is 6.03 Å². The van der Waals surface area contributed by atoms with Crippen molar-refractivity contribution in [3.8, 4) is 0 Å². The van der Waals surface area contributed by atoms with E-state index in [2.05, 4.69) is 11.4 Å². The molecule has 0 fully saturated rings. The molecule has 24 heavy (non-hydrogen) atoms. The Kier molecular flexibility index (Phi) is 5.30. The highest BCUT2D eigenvalue weighted by molar-refractivity contribution is 7.84. The lowest BCUT2D eigenvalue weighted by molar-refractivity contribution is 0.245. The van der Waals surface area contributed by atoms with Gasteiger partial charge in [-0.3, -0.25) is 9.11 Å². The Hall–Kier alpha value is -2.14. The minimum atomic E-state index is -0.976. The molecule has 4 nitrogen and oxygen atoms in total. The molecule has 2 atom stereocenters. The topological polar surface area (TPSA) is 49.4 Å². The van der Waals surface area contributed by atoms with Crippen LogP contribution in [0.3, 0.4) is 0 Å². The lowest BCUT2D eigenvalue weighted by atomic mass is 10.1. The van der Waals surface area contributed by atoms with Crippen LogP contribution in [0.25, 0.3) is 0 Å². The van der Waals surface area contributed by atoms with Crippen molar-refractivity contribution in [3.63, 3.8) is 0 Å². The highest BCUT2D eigenvalue weighted by atomic mass is 32.2. The number of carbonyl (C=O) groups excluding carboxylic acids is 1. The molecule has 0 aliphatic carbocycles. The molecule has 0 spiro atoms. The summed E-state index contributed by atoms with van der Waals surface area (Å²) in [6.07, 6.45) is 0.879. The van der Waals surface area contributed by atoms with Gasteiger partial charge in [-0.15, -0.1) is 0 Å². The number of nitrogens with one attached hydrogen (secondary N) is 1. The third-order valence-electron chi connectivity index (χ3n) is 4.20. The lowest BCUT2D eigenvalue weighted by Crippen LogP contribution is -2.44. The van der Waals surface area contributed by atoms with Crippen molar-refractivity contribution in [3.05, 3.63) is 65.7 Å². The van der Waals surface area contributed by atoms with Crippen LogP contribution < -0.4 is 10.2 Å². The molecular formula is C19H22N2O2S. The highest BCUT2D eigenvalue weighted by Crippen LogP contribution is 2.31. The van der Waals surface area contributed by atoms with Crippen LogP contribution in [0.15, 0.2) is 54.6 Å². The summed E-state index contributed by atoms with van der Waals surface area (Å²) in [5.74, 6) is 0.990. The SMILES string of the molecule is C[C@@H]1Cc2ccccc2N1C(=O)NCC[S@@](=O)Cc1ccccc1. The largest absolute Gasteiger partial charge is 0.337 e. The van der Waals surface area contributed by atoms with Crippen LogP contribution in [0.4, 0.5) is 10.5 Å². The first-order valence-electron chi connectivity index (χ1n) is 8.19. The van der Waals surface area contributed by atoms with Crippen molar-refractivity contribution in [2.24, 2.45) is 0 Å². The van der Waals surface area contributed by atoms with Crippen LogP contribution in [-0.2, 0) is 23.0 Å². The summed E-state index contributed by atoms with van der Waals surface area (Å²) in [5.41, 5.74) is 3.24. The van der Waals surface area contributed by atoms with Crippen molar-refractivity contribution in [2.75, 3.05) is 17.2 Å². The first kappa shape index (κ1) is 16.7. The van der Waals surface area contributed by atoms with Crippen molar-refractivity contribution in [1.29, 1.82) is 0 Å². The van der Waals surface area contributed by atoms with Gasteiger partial charge in [-0.2, -0.15) is 0 Å². The summed E-state index contributed by atoms with van der Waals surface area (Å²) in [6, 6.07) is 17.8. The fraction of sp³-hybridized carbons (Fsp3) is 0.316. The van der Waals surface area contributed by atoms with Crippen LogP contribution in [0, 0.1) is 0 Å². The molecule has 0 aromatic heterocycles. The number of fused-ring (bicyclic) bond motifs is 1. The molecule has 126 valence electrons. The summed E-state index contributed by atoms with van der Waals surface area (Å²) in [5, 5.41) is 2.91. The number of rotatable bonds is 5. The number of hydrogen-bond acceptors (Lipinski definition) is 2. The molecule has 0 unspecified atom stereocenters. The van der Waals surface area contributed by atoms with Crippen molar-refractivity contribution in [2.45, 2.75) is 25.1 Å². The van der Waals surface area contributed by atoms with E-state index in [-0.39, 0.29) is 12.1 Å². The Morgan fingerprint density at radius 2 is 1.88 bits per heavy atom. The molecule has 1 N–H and O–H groups in total. The monoisotopic (exact) mass is 342 g/mol. The maximum atomic E-state index is 12.5. The van der Waals surface area contributed by atoms with E-state index in [0.717, 1.165) is 17.7 Å². The Morgan fingerprint density at radius 1 is 1.17 bits per heavy atom. The molecule has 0 radical (unpaired) electrons. The molecule has 2 aromatic carbocycles. The number of anilines is 1. The molecule has 2 aromatic rings. The van der Waals surface area contributed by atoms with Gasteiger partial charge < -0.3 is 5.32 Å². The summed E-state index contributed by atoms with van der Waals surface area (Å²) in [4.78, 5) is 14.3. The van der Waals surface area contributed by atoms with E-state index in [1.54, 1.807) is 4.90 Å². The zero-order valence-corrected chi connectivity index (χ0v) is 14.6. The van der Waals surface area contributed by atoms with E-state index in [0.29, 0.717) is 18.1 Å². The average Bonchev–Trinajstić information content (AvgIpc) is 2.91. The maximum absolute atomic E-state index is 12.5.